The molecule has 114 valence electrons. The van der Waals surface area contributed by atoms with Gasteiger partial charge in [-0.3, -0.25) is 4.79 Å². The van der Waals surface area contributed by atoms with E-state index < -0.39 is 0 Å². The molecule has 22 heavy (non-hydrogen) atoms. The van der Waals surface area contributed by atoms with Crippen LogP contribution in [0.4, 0.5) is 11.6 Å². The second kappa shape index (κ2) is 4.67. The zero-order valence-electron chi connectivity index (χ0n) is 12.3. The molecular weight excluding hydrogens is 300 g/mol. The van der Waals surface area contributed by atoms with Gasteiger partial charge in [0.05, 0.1) is 6.04 Å². The van der Waals surface area contributed by atoms with Gasteiger partial charge in [0, 0.05) is 22.6 Å². The Kier molecular flexibility index (Phi) is 2.87. The van der Waals surface area contributed by atoms with Crippen molar-refractivity contribution < 1.29 is 9.42 Å². The van der Waals surface area contributed by atoms with Gasteiger partial charge in [-0.05, 0) is 33.6 Å². The predicted octanol–water partition coefficient (Wildman–Crippen LogP) is 3.35. The molecule has 0 spiro atoms. The van der Waals surface area contributed by atoms with Crippen LogP contribution in [-0.4, -0.2) is 16.1 Å². The molecule has 1 unspecified atom stereocenters. The summed E-state index contributed by atoms with van der Waals surface area (Å²) in [6.45, 7) is 4.22. The first-order valence-electron chi connectivity index (χ1n) is 7.19. The molecule has 6 nitrogen and oxygen atoms in total. The first kappa shape index (κ1) is 13.5. The molecule has 7 heteroatoms. The van der Waals surface area contributed by atoms with Crippen LogP contribution in [0.2, 0.25) is 0 Å². The van der Waals surface area contributed by atoms with Crippen LogP contribution in [0.3, 0.4) is 0 Å². The molecule has 1 atom stereocenters. The number of carbonyl (C=O) groups excluding carboxylic acids is 1. The monoisotopic (exact) mass is 316 g/mol. The lowest BCUT2D eigenvalue weighted by molar-refractivity contribution is -0.118. The van der Waals surface area contributed by atoms with Gasteiger partial charge in [0.2, 0.25) is 11.6 Å². The molecule has 4 rings (SSSR count). The molecule has 2 aromatic heterocycles. The molecule has 3 heterocycles. The fraction of sp³-hybridized carbons (Fsp3) is 0.400. The first-order chi connectivity index (χ1) is 10.5. The average Bonchev–Trinajstić information content (AvgIpc) is 3.06. The zero-order valence-corrected chi connectivity index (χ0v) is 13.2. The van der Waals surface area contributed by atoms with E-state index in [1.54, 1.807) is 11.3 Å². The number of ketones is 1. The first-order valence-corrected chi connectivity index (χ1v) is 8.07. The van der Waals surface area contributed by atoms with Crippen LogP contribution in [0.15, 0.2) is 33.4 Å². The molecule has 0 saturated carbocycles. The van der Waals surface area contributed by atoms with Gasteiger partial charge in [-0.2, -0.15) is 0 Å². The van der Waals surface area contributed by atoms with Crippen LogP contribution in [0.5, 0.6) is 0 Å². The maximum absolute atomic E-state index is 12.8. The number of rotatable bonds is 1. The summed E-state index contributed by atoms with van der Waals surface area (Å²) in [7, 11) is 0. The number of thiophene rings is 1. The Morgan fingerprint density at radius 3 is 2.91 bits per heavy atom. The number of carbonyl (C=O) groups is 1. The second-order valence-electron chi connectivity index (χ2n) is 6.51. The molecule has 2 aromatic rings. The van der Waals surface area contributed by atoms with Crippen molar-refractivity contribution in [3.63, 3.8) is 0 Å². The van der Waals surface area contributed by atoms with E-state index in [0.717, 1.165) is 22.6 Å². The minimum Gasteiger partial charge on any atom is -0.352 e. The molecule has 1 aliphatic heterocycles. The van der Waals surface area contributed by atoms with Crippen molar-refractivity contribution in [2.45, 2.75) is 32.7 Å². The highest BCUT2D eigenvalue weighted by Gasteiger charge is 2.39. The number of allylic oxidation sites excluding steroid dienone is 1. The van der Waals surface area contributed by atoms with Crippen molar-refractivity contribution in [3.05, 3.63) is 33.7 Å². The van der Waals surface area contributed by atoms with Crippen molar-refractivity contribution in [3.8, 4) is 0 Å². The minimum atomic E-state index is -0.209. The third-order valence-corrected chi connectivity index (χ3v) is 5.01. The van der Waals surface area contributed by atoms with Gasteiger partial charge in [0.1, 0.15) is 0 Å². The van der Waals surface area contributed by atoms with Crippen LogP contribution in [0.1, 0.15) is 37.6 Å². The van der Waals surface area contributed by atoms with Crippen molar-refractivity contribution in [2.75, 3.05) is 10.6 Å². The van der Waals surface area contributed by atoms with Crippen LogP contribution >= 0.6 is 11.3 Å². The highest BCUT2D eigenvalue weighted by Crippen LogP contribution is 2.45. The van der Waals surface area contributed by atoms with E-state index in [2.05, 4.69) is 34.8 Å². The number of Topliss-reactive ketones (excluding diaryl/α,β-unsaturated/α-hetero) is 1. The molecule has 0 radical (unpaired) electrons. The summed E-state index contributed by atoms with van der Waals surface area (Å²) in [6.07, 6.45) is 1.34. The van der Waals surface area contributed by atoms with E-state index in [9.17, 15) is 4.79 Å². The van der Waals surface area contributed by atoms with Crippen LogP contribution in [-0.2, 0) is 4.79 Å². The van der Waals surface area contributed by atoms with E-state index in [-0.39, 0.29) is 17.2 Å². The van der Waals surface area contributed by atoms with E-state index in [1.165, 1.54) is 0 Å². The highest BCUT2D eigenvalue weighted by atomic mass is 32.1. The number of hydrogen-bond acceptors (Lipinski definition) is 7. The van der Waals surface area contributed by atoms with Crippen LogP contribution < -0.4 is 10.6 Å². The third kappa shape index (κ3) is 2.12. The Hall–Kier alpha value is -2.15. The summed E-state index contributed by atoms with van der Waals surface area (Å²) in [6, 6.07) is 3.80. The summed E-state index contributed by atoms with van der Waals surface area (Å²) in [4.78, 5) is 13.9. The Morgan fingerprint density at radius 2 is 2.14 bits per heavy atom. The maximum atomic E-state index is 12.8. The zero-order chi connectivity index (χ0) is 15.3. The number of fused-ring (bicyclic) bond motifs is 1. The summed E-state index contributed by atoms with van der Waals surface area (Å²) in [5.74, 6) is 1.25. The SMILES string of the molecule is CC1(C)CC(=O)C2=C(C1)Nc1nonc1NC2c1cccs1. The van der Waals surface area contributed by atoms with Gasteiger partial charge >= 0.3 is 0 Å². The number of hydrogen-bond donors (Lipinski definition) is 2. The third-order valence-electron chi connectivity index (χ3n) is 4.08. The van der Waals surface area contributed by atoms with Gasteiger partial charge in [-0.15, -0.1) is 11.3 Å². The summed E-state index contributed by atoms with van der Waals surface area (Å²) in [5.41, 5.74) is 1.65. The van der Waals surface area contributed by atoms with Crippen molar-refractivity contribution in [1.29, 1.82) is 0 Å². The van der Waals surface area contributed by atoms with E-state index in [1.807, 2.05) is 17.5 Å². The number of nitrogens with zero attached hydrogens (tertiary/aromatic N) is 2. The molecule has 0 fully saturated rings. The van der Waals surface area contributed by atoms with Crippen molar-refractivity contribution >= 4 is 28.8 Å². The minimum absolute atomic E-state index is 0.0649. The normalized spacial score (nSPS) is 23.2. The highest BCUT2D eigenvalue weighted by molar-refractivity contribution is 7.10. The molecule has 2 aliphatic rings. The predicted molar refractivity (Wildman–Crippen MR) is 83.7 cm³/mol. The van der Waals surface area contributed by atoms with Gasteiger partial charge in [-0.25, -0.2) is 4.63 Å². The van der Waals surface area contributed by atoms with Crippen molar-refractivity contribution in [1.82, 2.24) is 10.3 Å². The smallest absolute Gasteiger partial charge is 0.219 e. The van der Waals surface area contributed by atoms with E-state index >= 15 is 0 Å². The Labute approximate surface area is 131 Å². The van der Waals surface area contributed by atoms with E-state index in [4.69, 9.17) is 4.63 Å². The van der Waals surface area contributed by atoms with Gasteiger partial charge < -0.3 is 10.6 Å². The molecule has 1 aliphatic carbocycles. The molecular formula is C15H16N4O2S. The second-order valence-corrected chi connectivity index (χ2v) is 7.49. The molecule has 0 saturated heterocycles. The summed E-state index contributed by atoms with van der Waals surface area (Å²) < 4.78 is 4.82. The fourth-order valence-corrected chi connectivity index (χ4v) is 3.95. The Bertz CT molecular complexity index is 760. The Morgan fingerprint density at radius 1 is 1.32 bits per heavy atom. The molecule has 2 N–H and O–H groups in total. The molecule has 0 aromatic carbocycles. The van der Waals surface area contributed by atoms with Gasteiger partial charge in [-0.1, -0.05) is 19.9 Å². The number of anilines is 2. The maximum Gasteiger partial charge on any atom is 0.219 e. The molecule has 0 amide bonds. The van der Waals surface area contributed by atoms with Crippen molar-refractivity contribution in [2.24, 2.45) is 5.41 Å². The van der Waals surface area contributed by atoms with Gasteiger partial charge in [0.25, 0.3) is 0 Å². The van der Waals surface area contributed by atoms with Gasteiger partial charge in [0.15, 0.2) is 5.78 Å². The number of aromatic nitrogens is 2. The average molecular weight is 316 g/mol. The topological polar surface area (TPSA) is 80.1 Å². The lowest BCUT2D eigenvalue weighted by Crippen LogP contribution is -2.31. The lowest BCUT2D eigenvalue weighted by atomic mass is 9.74. The fourth-order valence-electron chi connectivity index (χ4n) is 3.17. The summed E-state index contributed by atoms with van der Waals surface area (Å²) >= 11 is 1.62. The van der Waals surface area contributed by atoms with Crippen LogP contribution in [0.25, 0.3) is 0 Å². The molecule has 0 bridgehead atoms. The Balaban J connectivity index is 1.87. The van der Waals surface area contributed by atoms with E-state index in [0.29, 0.717) is 18.1 Å². The summed E-state index contributed by atoms with van der Waals surface area (Å²) in [5, 5.41) is 16.4. The van der Waals surface area contributed by atoms with Crippen LogP contribution in [0, 0.1) is 5.41 Å². The quantitative estimate of drug-likeness (QED) is 0.840. The largest absolute Gasteiger partial charge is 0.352 e. The standard InChI is InChI=1S/C15H16N4O2S/c1-15(2)6-8-11(9(20)7-15)12(10-4-3-5-22-10)17-14-13(16-8)18-21-19-14/h3-5,12H,6-7H2,1-2H3,(H,16,18)(H,17,19). The lowest BCUT2D eigenvalue weighted by Gasteiger charge is -2.33. The number of nitrogens with one attached hydrogen (secondary N) is 2.